The number of nitrogens with one attached hydrogen (secondary N) is 1. The van der Waals surface area contributed by atoms with Crippen LogP contribution in [0, 0.1) is 0 Å². The third-order valence-corrected chi connectivity index (χ3v) is 9.74. The van der Waals surface area contributed by atoms with Crippen LogP contribution in [-0.2, 0) is 19.9 Å². The van der Waals surface area contributed by atoms with Gasteiger partial charge < -0.3 is 0 Å². The molecule has 3 aromatic carbocycles. The number of thioether (sulfide) groups is 1. The highest BCUT2D eigenvalue weighted by atomic mass is 79.9. The Bertz CT molecular complexity index is 1250. The Hall–Kier alpha value is -1.52. The summed E-state index contributed by atoms with van der Waals surface area (Å²) >= 11 is 10.3. The number of hydrogen-bond donors (Lipinski definition) is 1. The van der Waals surface area contributed by atoms with E-state index in [0.29, 0.717) is 20.1 Å². The maximum Gasteiger partial charge on any atom is 0.263 e. The van der Waals surface area contributed by atoms with Gasteiger partial charge in [-0.05, 0) is 64.5 Å². The Balaban J connectivity index is 1.73. The summed E-state index contributed by atoms with van der Waals surface area (Å²) in [5.74, 6) is 0.170. The average molecular weight is 547 g/mol. The van der Waals surface area contributed by atoms with Crippen LogP contribution in [0.4, 0.5) is 5.69 Å². The highest BCUT2D eigenvalue weighted by molar-refractivity contribution is 9.10. The van der Waals surface area contributed by atoms with E-state index in [1.165, 1.54) is 42.1 Å². The van der Waals surface area contributed by atoms with Gasteiger partial charge in [-0.25, -0.2) is 16.8 Å². The molecular formula is C20H17BrClNO4S3. The first-order chi connectivity index (χ1) is 14.2. The van der Waals surface area contributed by atoms with Crippen molar-refractivity contribution in [3.63, 3.8) is 0 Å². The van der Waals surface area contributed by atoms with Crippen LogP contribution in [0.2, 0.25) is 5.02 Å². The fourth-order valence-corrected chi connectivity index (χ4v) is 7.50. The summed E-state index contributed by atoms with van der Waals surface area (Å²) in [5.41, 5.74) is 0.391. The molecule has 5 nitrogen and oxygen atoms in total. The second-order valence-electron chi connectivity index (χ2n) is 6.15. The van der Waals surface area contributed by atoms with Gasteiger partial charge in [0.05, 0.1) is 16.3 Å². The van der Waals surface area contributed by atoms with Crippen LogP contribution in [0.15, 0.2) is 92.0 Å². The van der Waals surface area contributed by atoms with Gasteiger partial charge in [0, 0.05) is 20.1 Å². The summed E-state index contributed by atoms with van der Waals surface area (Å²) in [5, 5.41) is 0.467. The molecule has 0 atom stereocenters. The maximum absolute atomic E-state index is 12.8. The lowest BCUT2D eigenvalue weighted by Crippen LogP contribution is -2.14. The van der Waals surface area contributed by atoms with Crippen LogP contribution in [-0.4, -0.2) is 28.3 Å². The molecule has 0 bridgehead atoms. The van der Waals surface area contributed by atoms with E-state index in [1.807, 2.05) is 0 Å². The van der Waals surface area contributed by atoms with Gasteiger partial charge in [0.15, 0.2) is 9.84 Å². The second kappa shape index (κ2) is 9.74. The molecule has 3 aromatic rings. The minimum Gasteiger partial charge on any atom is -0.278 e. The largest absolute Gasteiger partial charge is 0.278 e. The predicted molar refractivity (Wildman–Crippen MR) is 126 cm³/mol. The van der Waals surface area contributed by atoms with Gasteiger partial charge in [-0.2, -0.15) is 0 Å². The van der Waals surface area contributed by atoms with Gasteiger partial charge in [-0.3, -0.25) is 4.72 Å². The van der Waals surface area contributed by atoms with Crippen molar-refractivity contribution in [1.29, 1.82) is 0 Å². The molecule has 0 saturated carbocycles. The van der Waals surface area contributed by atoms with Crippen molar-refractivity contribution in [2.75, 3.05) is 16.2 Å². The topological polar surface area (TPSA) is 80.3 Å². The molecule has 0 heterocycles. The summed E-state index contributed by atoms with van der Waals surface area (Å²) < 4.78 is 53.6. The van der Waals surface area contributed by atoms with Crippen molar-refractivity contribution >= 4 is 64.8 Å². The molecule has 0 spiro atoms. The van der Waals surface area contributed by atoms with E-state index in [1.54, 1.807) is 42.5 Å². The van der Waals surface area contributed by atoms with E-state index in [4.69, 9.17) is 11.6 Å². The van der Waals surface area contributed by atoms with E-state index < -0.39 is 19.9 Å². The van der Waals surface area contributed by atoms with Crippen molar-refractivity contribution in [1.82, 2.24) is 0 Å². The molecular weight excluding hydrogens is 530 g/mol. The molecule has 10 heteroatoms. The van der Waals surface area contributed by atoms with Crippen molar-refractivity contribution in [3.05, 3.63) is 82.3 Å². The molecule has 0 aliphatic rings. The highest BCUT2D eigenvalue weighted by Crippen LogP contribution is 2.31. The first-order valence-corrected chi connectivity index (χ1v) is 14.0. The highest BCUT2D eigenvalue weighted by Gasteiger charge is 2.19. The zero-order chi connectivity index (χ0) is 21.8. The number of sulfonamides is 1. The zero-order valence-corrected chi connectivity index (χ0v) is 20.2. The predicted octanol–water partition coefficient (Wildman–Crippen LogP) is 5.47. The molecule has 0 unspecified atom stereocenters. The Kier molecular flexibility index (Phi) is 7.52. The van der Waals surface area contributed by atoms with Crippen LogP contribution in [0.5, 0.6) is 0 Å². The smallest absolute Gasteiger partial charge is 0.263 e. The van der Waals surface area contributed by atoms with Crippen molar-refractivity contribution < 1.29 is 16.8 Å². The summed E-state index contributed by atoms with van der Waals surface area (Å²) in [4.78, 5) is 0.963. The first-order valence-electron chi connectivity index (χ1n) is 8.66. The standard InChI is InChI=1S/C20H17BrClNO4S3/c21-17-5-1-4-8-20(17)30(26,27)23-18-6-2-3-7-19(18)28-13-14-29(24,25)16-11-9-15(22)10-12-16/h1-12,23H,13-14H2. The summed E-state index contributed by atoms with van der Waals surface area (Å²) in [6, 6.07) is 19.4. The van der Waals surface area contributed by atoms with E-state index >= 15 is 0 Å². The summed E-state index contributed by atoms with van der Waals surface area (Å²) in [6.45, 7) is 0. The van der Waals surface area contributed by atoms with Crippen molar-refractivity contribution in [2.24, 2.45) is 0 Å². The Labute approximate surface area is 194 Å². The molecule has 158 valence electrons. The minimum atomic E-state index is -3.81. The van der Waals surface area contributed by atoms with E-state index in [2.05, 4.69) is 20.7 Å². The quantitative estimate of drug-likeness (QED) is 0.379. The minimum absolute atomic E-state index is 0.0926. The molecule has 1 N–H and O–H groups in total. The number of sulfone groups is 1. The van der Waals surface area contributed by atoms with Gasteiger partial charge >= 0.3 is 0 Å². The van der Waals surface area contributed by atoms with Gasteiger partial charge in [-0.15, -0.1) is 11.8 Å². The molecule has 0 amide bonds. The molecule has 30 heavy (non-hydrogen) atoms. The lowest BCUT2D eigenvalue weighted by atomic mass is 10.3. The number of rotatable bonds is 8. The number of halogens is 2. The molecule has 0 fully saturated rings. The maximum atomic E-state index is 12.8. The van der Waals surface area contributed by atoms with Crippen LogP contribution in [0.1, 0.15) is 0 Å². The summed E-state index contributed by atoms with van der Waals surface area (Å²) in [7, 11) is -7.28. The molecule has 0 aliphatic carbocycles. The Morgan fingerprint density at radius 2 is 1.50 bits per heavy atom. The number of hydrogen-bond acceptors (Lipinski definition) is 5. The van der Waals surface area contributed by atoms with Gasteiger partial charge in [0.1, 0.15) is 4.90 Å². The molecule has 3 rings (SSSR count). The normalized spacial score (nSPS) is 11.9. The van der Waals surface area contributed by atoms with Gasteiger partial charge in [0.25, 0.3) is 10.0 Å². The van der Waals surface area contributed by atoms with Crippen LogP contribution >= 0.6 is 39.3 Å². The molecule has 0 saturated heterocycles. The Morgan fingerprint density at radius 1 is 0.867 bits per heavy atom. The molecule has 0 radical (unpaired) electrons. The third kappa shape index (κ3) is 5.79. The van der Waals surface area contributed by atoms with Crippen LogP contribution in [0.25, 0.3) is 0 Å². The monoisotopic (exact) mass is 545 g/mol. The molecule has 0 aromatic heterocycles. The van der Waals surface area contributed by atoms with E-state index in [9.17, 15) is 16.8 Å². The number of benzene rings is 3. The van der Waals surface area contributed by atoms with Gasteiger partial charge in [0.2, 0.25) is 0 Å². The number of para-hydroxylation sites is 1. The van der Waals surface area contributed by atoms with E-state index in [0.717, 1.165) is 0 Å². The number of anilines is 1. The third-order valence-electron chi connectivity index (χ3n) is 4.04. The van der Waals surface area contributed by atoms with Crippen molar-refractivity contribution in [3.8, 4) is 0 Å². The second-order valence-corrected chi connectivity index (χ2v) is 12.3. The SMILES string of the molecule is O=S(=O)(CCSc1ccccc1NS(=O)(=O)c1ccccc1Br)c1ccc(Cl)cc1. The van der Waals surface area contributed by atoms with Crippen LogP contribution < -0.4 is 4.72 Å². The fourth-order valence-electron chi connectivity index (χ4n) is 2.56. The lowest BCUT2D eigenvalue weighted by molar-refractivity contribution is 0.596. The molecule has 0 aliphatic heterocycles. The summed E-state index contributed by atoms with van der Waals surface area (Å²) in [6.07, 6.45) is 0. The Morgan fingerprint density at radius 3 is 2.20 bits per heavy atom. The van der Waals surface area contributed by atoms with Crippen molar-refractivity contribution in [2.45, 2.75) is 14.7 Å². The lowest BCUT2D eigenvalue weighted by Gasteiger charge is -2.13. The van der Waals surface area contributed by atoms with E-state index in [-0.39, 0.29) is 21.3 Å². The fraction of sp³-hybridized carbons (Fsp3) is 0.100. The first kappa shape index (κ1) is 23.1. The van der Waals surface area contributed by atoms with Gasteiger partial charge in [-0.1, -0.05) is 35.9 Å². The zero-order valence-electron chi connectivity index (χ0n) is 15.5. The van der Waals surface area contributed by atoms with Crippen LogP contribution in [0.3, 0.4) is 0 Å². The average Bonchev–Trinajstić information content (AvgIpc) is 2.69.